The Bertz CT molecular complexity index is 731. The lowest BCUT2D eigenvalue weighted by Gasteiger charge is -2.11. The van der Waals surface area contributed by atoms with E-state index < -0.39 is 12.5 Å². The molecule has 0 atom stereocenters. The minimum atomic E-state index is -2.94. The third kappa shape index (κ3) is 3.87. The first-order chi connectivity index (χ1) is 10.5. The maximum absolute atomic E-state index is 12.3. The molecule has 0 aliphatic rings. The summed E-state index contributed by atoms with van der Waals surface area (Å²) in [5, 5.41) is 6.33. The molecule has 0 saturated carbocycles. The Balaban J connectivity index is 2.08. The molecule has 6 nitrogen and oxygen atoms in total. The fourth-order valence-electron chi connectivity index (χ4n) is 1.75. The number of carbonyl (C=O) groups is 1. The second-order valence-electron chi connectivity index (χ2n) is 4.35. The number of hydrogen-bond donors (Lipinski definition) is 1. The average Bonchev–Trinajstić information content (AvgIpc) is 2.48. The summed E-state index contributed by atoms with van der Waals surface area (Å²) >= 11 is 0. The normalized spacial score (nSPS) is 10.5. The number of ether oxygens (including phenoxy) is 1. The van der Waals surface area contributed by atoms with Gasteiger partial charge in [0.2, 0.25) is 0 Å². The molecular weight excluding hydrogens is 296 g/mol. The van der Waals surface area contributed by atoms with Crippen LogP contribution < -0.4 is 15.6 Å². The predicted octanol–water partition coefficient (Wildman–Crippen LogP) is 1.31. The lowest BCUT2D eigenvalue weighted by Crippen LogP contribution is -2.28. The zero-order chi connectivity index (χ0) is 16.1. The Labute approximate surface area is 124 Å². The molecule has 0 saturated heterocycles. The summed E-state index contributed by atoms with van der Waals surface area (Å²) in [5.41, 5.74) is 0.113. The van der Waals surface area contributed by atoms with Crippen molar-refractivity contribution in [3.8, 4) is 5.75 Å². The highest BCUT2D eigenvalue weighted by Crippen LogP contribution is 2.19. The third-order valence-corrected chi connectivity index (χ3v) is 2.82. The number of nitrogens with one attached hydrogen (secondary N) is 1. The highest BCUT2D eigenvalue weighted by molar-refractivity contribution is 5.91. The molecular formula is C14H13F2N3O3. The van der Waals surface area contributed by atoms with Gasteiger partial charge in [0.25, 0.3) is 11.5 Å². The number of para-hydroxylation sites is 1. The Morgan fingerprint density at radius 2 is 2.05 bits per heavy atom. The van der Waals surface area contributed by atoms with Crippen molar-refractivity contribution in [1.82, 2.24) is 15.1 Å². The standard InChI is InChI=1S/C14H13F2N3O3/c1-19-12(20)7-6-10(18-19)13(21)17-8-9-4-2-3-5-11(9)22-14(15)16/h2-7,14H,8H2,1H3,(H,17,21). The zero-order valence-corrected chi connectivity index (χ0v) is 11.6. The van der Waals surface area contributed by atoms with Crippen LogP contribution in [0.4, 0.5) is 8.78 Å². The van der Waals surface area contributed by atoms with Gasteiger partial charge in [-0.2, -0.15) is 13.9 Å². The van der Waals surface area contributed by atoms with Gasteiger partial charge >= 0.3 is 6.61 Å². The van der Waals surface area contributed by atoms with E-state index in [9.17, 15) is 18.4 Å². The van der Waals surface area contributed by atoms with Crippen LogP contribution in [0.1, 0.15) is 16.1 Å². The second kappa shape index (κ2) is 6.79. The molecule has 1 aromatic carbocycles. The maximum Gasteiger partial charge on any atom is 0.387 e. The van der Waals surface area contributed by atoms with Gasteiger partial charge in [-0.05, 0) is 12.1 Å². The van der Waals surface area contributed by atoms with Gasteiger partial charge in [0, 0.05) is 25.2 Å². The SMILES string of the molecule is Cn1nc(C(=O)NCc2ccccc2OC(F)F)ccc1=O. The van der Waals surface area contributed by atoms with E-state index in [2.05, 4.69) is 15.2 Å². The van der Waals surface area contributed by atoms with E-state index in [1.807, 2.05) is 0 Å². The molecule has 8 heteroatoms. The van der Waals surface area contributed by atoms with Gasteiger partial charge in [0.15, 0.2) is 0 Å². The van der Waals surface area contributed by atoms with Crippen LogP contribution >= 0.6 is 0 Å². The number of amides is 1. The van der Waals surface area contributed by atoms with Gasteiger partial charge in [-0.15, -0.1) is 0 Å². The molecule has 1 heterocycles. The number of carbonyl (C=O) groups excluding carboxylic acids is 1. The summed E-state index contributed by atoms with van der Waals surface area (Å²) in [5.74, 6) is -0.534. The van der Waals surface area contributed by atoms with Crippen molar-refractivity contribution < 1.29 is 18.3 Å². The summed E-state index contributed by atoms with van der Waals surface area (Å²) in [7, 11) is 1.42. The molecule has 0 unspecified atom stereocenters. The minimum Gasteiger partial charge on any atom is -0.434 e. The Hall–Kier alpha value is -2.77. The minimum absolute atomic E-state index is 0.00769. The number of aromatic nitrogens is 2. The summed E-state index contributed by atoms with van der Waals surface area (Å²) < 4.78 is 30.0. The Morgan fingerprint density at radius 3 is 2.73 bits per heavy atom. The van der Waals surface area contributed by atoms with Gasteiger partial charge in [-0.25, -0.2) is 4.68 Å². The molecule has 116 valence electrons. The molecule has 1 amide bonds. The lowest BCUT2D eigenvalue weighted by atomic mass is 10.2. The van der Waals surface area contributed by atoms with E-state index in [-0.39, 0.29) is 23.5 Å². The molecule has 1 N–H and O–H groups in total. The molecule has 0 fully saturated rings. The molecule has 0 aliphatic carbocycles. The van der Waals surface area contributed by atoms with Gasteiger partial charge < -0.3 is 10.1 Å². The number of halogens is 2. The largest absolute Gasteiger partial charge is 0.434 e. The average molecular weight is 309 g/mol. The Morgan fingerprint density at radius 1 is 1.32 bits per heavy atom. The van der Waals surface area contributed by atoms with Gasteiger partial charge in [0.1, 0.15) is 11.4 Å². The second-order valence-corrected chi connectivity index (χ2v) is 4.35. The van der Waals surface area contributed by atoms with Crippen molar-refractivity contribution in [2.24, 2.45) is 7.05 Å². The van der Waals surface area contributed by atoms with Crippen LogP contribution in [0.3, 0.4) is 0 Å². The van der Waals surface area contributed by atoms with Crippen LogP contribution in [0.2, 0.25) is 0 Å². The van der Waals surface area contributed by atoms with E-state index in [0.29, 0.717) is 5.56 Å². The van der Waals surface area contributed by atoms with Crippen molar-refractivity contribution in [1.29, 1.82) is 0 Å². The van der Waals surface area contributed by atoms with Crippen molar-refractivity contribution in [3.05, 3.63) is 58.0 Å². The smallest absolute Gasteiger partial charge is 0.387 e. The summed E-state index contributed by atoms with van der Waals surface area (Å²) in [6, 6.07) is 8.65. The zero-order valence-electron chi connectivity index (χ0n) is 11.6. The van der Waals surface area contributed by atoms with Gasteiger partial charge in [0.05, 0.1) is 0 Å². The highest BCUT2D eigenvalue weighted by Gasteiger charge is 2.12. The summed E-state index contributed by atoms with van der Waals surface area (Å²) in [6.07, 6.45) is 0. The molecule has 2 rings (SSSR count). The first-order valence-electron chi connectivity index (χ1n) is 6.32. The lowest BCUT2D eigenvalue weighted by molar-refractivity contribution is -0.0504. The summed E-state index contributed by atoms with van der Waals surface area (Å²) in [6.45, 7) is -2.95. The maximum atomic E-state index is 12.3. The van der Waals surface area contributed by atoms with E-state index in [4.69, 9.17) is 0 Å². The van der Waals surface area contributed by atoms with Crippen LogP contribution in [0.15, 0.2) is 41.2 Å². The monoisotopic (exact) mass is 309 g/mol. The van der Waals surface area contributed by atoms with E-state index in [1.54, 1.807) is 18.2 Å². The van der Waals surface area contributed by atoms with Crippen LogP contribution in [0, 0.1) is 0 Å². The van der Waals surface area contributed by atoms with Crippen molar-refractivity contribution in [3.63, 3.8) is 0 Å². The molecule has 2 aromatic rings. The molecule has 0 bridgehead atoms. The first kappa shape index (κ1) is 15.6. The highest BCUT2D eigenvalue weighted by atomic mass is 19.3. The van der Waals surface area contributed by atoms with Gasteiger partial charge in [-0.1, -0.05) is 18.2 Å². The van der Waals surface area contributed by atoms with E-state index >= 15 is 0 Å². The van der Waals surface area contributed by atoms with Crippen LogP contribution in [-0.4, -0.2) is 22.3 Å². The van der Waals surface area contributed by atoms with Crippen molar-refractivity contribution >= 4 is 5.91 Å². The van der Waals surface area contributed by atoms with Crippen molar-refractivity contribution in [2.45, 2.75) is 13.2 Å². The number of alkyl halides is 2. The number of hydrogen-bond acceptors (Lipinski definition) is 4. The molecule has 1 aromatic heterocycles. The molecule has 0 radical (unpaired) electrons. The molecule has 0 spiro atoms. The number of benzene rings is 1. The van der Waals surface area contributed by atoms with E-state index in [1.165, 1.54) is 25.2 Å². The number of aryl methyl sites for hydroxylation is 1. The topological polar surface area (TPSA) is 73.2 Å². The fraction of sp³-hybridized carbons (Fsp3) is 0.214. The van der Waals surface area contributed by atoms with Crippen LogP contribution in [-0.2, 0) is 13.6 Å². The first-order valence-corrected chi connectivity index (χ1v) is 6.32. The van der Waals surface area contributed by atoms with Crippen LogP contribution in [0.5, 0.6) is 5.75 Å². The quantitative estimate of drug-likeness (QED) is 0.904. The Kier molecular flexibility index (Phi) is 4.82. The van der Waals surface area contributed by atoms with Gasteiger partial charge in [-0.3, -0.25) is 9.59 Å². The summed E-state index contributed by atoms with van der Waals surface area (Å²) in [4.78, 5) is 23.1. The molecule has 0 aliphatic heterocycles. The predicted molar refractivity (Wildman–Crippen MR) is 73.7 cm³/mol. The number of rotatable bonds is 5. The number of nitrogens with zero attached hydrogens (tertiary/aromatic N) is 2. The van der Waals surface area contributed by atoms with E-state index in [0.717, 1.165) is 4.68 Å². The van der Waals surface area contributed by atoms with Crippen molar-refractivity contribution in [2.75, 3.05) is 0 Å². The van der Waals surface area contributed by atoms with Crippen LogP contribution in [0.25, 0.3) is 0 Å². The molecule has 22 heavy (non-hydrogen) atoms. The third-order valence-electron chi connectivity index (χ3n) is 2.82. The fourth-order valence-corrected chi connectivity index (χ4v) is 1.75.